The summed E-state index contributed by atoms with van der Waals surface area (Å²) >= 11 is 0. The van der Waals surface area contributed by atoms with E-state index in [0.717, 1.165) is 122 Å². The van der Waals surface area contributed by atoms with Crippen LogP contribution in [0.5, 0.6) is 0 Å². The van der Waals surface area contributed by atoms with Crippen molar-refractivity contribution in [2.24, 2.45) is 0 Å². The Morgan fingerprint density at radius 3 is 1.41 bits per heavy atom. The molecule has 1 saturated heterocycles. The van der Waals surface area contributed by atoms with Crippen molar-refractivity contribution >= 4 is 11.9 Å². The van der Waals surface area contributed by atoms with Crippen LogP contribution in [0, 0.1) is 0 Å². The first kappa shape index (κ1) is 72.6. The standard InChI is InChI=1S/C67H115NO10/c1-4-7-10-13-16-19-22-25-27-29-30-31-33-34-36-39-42-45-48-51-54-60(71)66(75)68-58(59(70)53-50-47-44-41-38-24-21-18-15-12-9-6-3)57-76-67-65(64(74)63(73)61(56-69)77-67)78-62(72)55-52-49-46-43-40-37-35-32-28-26-23-20-17-14-11-8-5-2/h7,10,16-17,19-20,25-28,30-31,34,36,50,53,58-61,63-65,67,69-71,73-74H,4-6,8-9,11-15,18,21-24,29,32-33,35,37-49,51-52,54-57H2,1-3H3,(H,68,75)/b10-7-,19-16-,20-17-,27-25-,28-26-,31-30-,36-34-,53-50+. The Bertz CT molecular complexity index is 1630. The zero-order valence-electron chi connectivity index (χ0n) is 49.5. The van der Waals surface area contributed by atoms with E-state index in [9.17, 15) is 35.1 Å². The quantitative estimate of drug-likeness (QED) is 0.0195. The molecule has 11 heteroatoms. The first-order valence-electron chi connectivity index (χ1n) is 31.5. The van der Waals surface area contributed by atoms with Crippen molar-refractivity contribution in [2.45, 2.75) is 301 Å². The van der Waals surface area contributed by atoms with Crippen LogP contribution < -0.4 is 5.32 Å². The molecular formula is C67H115NO10. The zero-order valence-corrected chi connectivity index (χ0v) is 49.5. The van der Waals surface area contributed by atoms with Gasteiger partial charge in [-0.2, -0.15) is 0 Å². The number of hydrogen-bond donors (Lipinski definition) is 6. The monoisotopic (exact) mass is 1090 g/mol. The number of nitrogens with one attached hydrogen (secondary N) is 1. The molecule has 8 unspecified atom stereocenters. The van der Waals surface area contributed by atoms with Gasteiger partial charge in [-0.25, -0.2) is 0 Å². The van der Waals surface area contributed by atoms with Crippen molar-refractivity contribution in [3.8, 4) is 0 Å². The molecule has 6 N–H and O–H groups in total. The van der Waals surface area contributed by atoms with Crippen LogP contribution in [0.25, 0.3) is 0 Å². The van der Waals surface area contributed by atoms with Gasteiger partial charge in [-0.3, -0.25) is 9.59 Å². The van der Waals surface area contributed by atoms with Crippen LogP contribution in [0.15, 0.2) is 97.2 Å². The Hall–Kier alpha value is -3.42. The number of aliphatic hydroxyl groups excluding tert-OH is 5. The molecule has 0 bridgehead atoms. The summed E-state index contributed by atoms with van der Waals surface area (Å²) in [4.78, 5) is 26.6. The van der Waals surface area contributed by atoms with Crippen molar-refractivity contribution < 1.29 is 49.3 Å². The van der Waals surface area contributed by atoms with Crippen LogP contribution in [0.4, 0.5) is 0 Å². The Labute approximate surface area is 475 Å². The fourth-order valence-electron chi connectivity index (χ4n) is 9.24. The predicted octanol–water partition coefficient (Wildman–Crippen LogP) is 15.1. The highest BCUT2D eigenvalue weighted by atomic mass is 16.7. The second kappa shape index (κ2) is 54.2. The largest absolute Gasteiger partial charge is 0.454 e. The summed E-state index contributed by atoms with van der Waals surface area (Å²) in [6.07, 6.45) is 61.5. The van der Waals surface area contributed by atoms with E-state index in [0.29, 0.717) is 12.8 Å². The average Bonchev–Trinajstić information content (AvgIpc) is 3.44. The van der Waals surface area contributed by atoms with Gasteiger partial charge >= 0.3 is 5.97 Å². The van der Waals surface area contributed by atoms with Gasteiger partial charge in [-0.15, -0.1) is 0 Å². The molecule has 1 rings (SSSR count). The number of hydrogen-bond acceptors (Lipinski definition) is 10. The van der Waals surface area contributed by atoms with Crippen molar-refractivity contribution in [1.82, 2.24) is 5.32 Å². The van der Waals surface area contributed by atoms with Gasteiger partial charge in [0.25, 0.3) is 0 Å². The first-order valence-corrected chi connectivity index (χ1v) is 31.5. The lowest BCUT2D eigenvalue weighted by Crippen LogP contribution is -2.61. The van der Waals surface area contributed by atoms with Crippen molar-refractivity contribution in [3.05, 3.63) is 97.2 Å². The molecule has 0 radical (unpaired) electrons. The Morgan fingerprint density at radius 2 is 0.923 bits per heavy atom. The van der Waals surface area contributed by atoms with E-state index in [1.807, 2.05) is 6.08 Å². The third-order valence-electron chi connectivity index (χ3n) is 14.2. The van der Waals surface area contributed by atoms with Crippen LogP contribution in [0.1, 0.15) is 252 Å². The van der Waals surface area contributed by atoms with E-state index in [1.165, 1.54) is 83.5 Å². The molecule has 1 aliphatic rings. The summed E-state index contributed by atoms with van der Waals surface area (Å²) in [5, 5.41) is 57.0. The number of carbonyl (C=O) groups excluding carboxylic acids is 2. The third kappa shape index (κ3) is 41.6. The van der Waals surface area contributed by atoms with Gasteiger partial charge in [0.05, 0.1) is 25.4 Å². The lowest BCUT2D eigenvalue weighted by atomic mass is 9.99. The normalized spacial score (nSPS) is 19.6. The molecule has 0 aliphatic carbocycles. The highest BCUT2D eigenvalue weighted by Crippen LogP contribution is 2.26. The van der Waals surface area contributed by atoms with Crippen LogP contribution in [0.2, 0.25) is 0 Å². The number of esters is 1. The summed E-state index contributed by atoms with van der Waals surface area (Å²) in [6.45, 7) is 5.63. The van der Waals surface area contributed by atoms with Crippen molar-refractivity contribution in [3.63, 3.8) is 0 Å². The summed E-state index contributed by atoms with van der Waals surface area (Å²) in [7, 11) is 0. The number of ether oxygens (including phenoxy) is 3. The average molecular weight is 1090 g/mol. The zero-order chi connectivity index (χ0) is 56.8. The van der Waals surface area contributed by atoms with Gasteiger partial charge in [-0.05, 0) is 103 Å². The molecule has 0 saturated carbocycles. The molecule has 0 aromatic carbocycles. The summed E-state index contributed by atoms with van der Waals surface area (Å²) < 4.78 is 17.6. The minimum absolute atomic E-state index is 0.108. The van der Waals surface area contributed by atoms with Gasteiger partial charge in [0.2, 0.25) is 5.91 Å². The van der Waals surface area contributed by atoms with Crippen LogP contribution in [0.3, 0.4) is 0 Å². The van der Waals surface area contributed by atoms with Crippen LogP contribution in [-0.2, 0) is 23.8 Å². The Morgan fingerprint density at radius 1 is 0.513 bits per heavy atom. The molecular weight excluding hydrogens is 979 g/mol. The summed E-state index contributed by atoms with van der Waals surface area (Å²) in [5.74, 6) is -1.23. The molecule has 448 valence electrons. The number of carbonyl (C=O) groups is 2. The van der Waals surface area contributed by atoms with E-state index in [1.54, 1.807) is 6.08 Å². The number of rotatable bonds is 52. The minimum Gasteiger partial charge on any atom is -0.454 e. The van der Waals surface area contributed by atoms with Gasteiger partial charge in [0, 0.05) is 6.42 Å². The second-order valence-corrected chi connectivity index (χ2v) is 21.4. The second-order valence-electron chi connectivity index (χ2n) is 21.4. The molecule has 1 amide bonds. The number of unbranched alkanes of at least 4 members (excludes halogenated alkanes) is 24. The van der Waals surface area contributed by atoms with E-state index < -0.39 is 67.4 Å². The molecule has 0 aromatic heterocycles. The fraction of sp³-hybridized carbons (Fsp3) is 0.731. The number of allylic oxidation sites excluding steroid dienone is 15. The van der Waals surface area contributed by atoms with E-state index in [4.69, 9.17) is 14.2 Å². The number of aliphatic hydroxyl groups is 5. The molecule has 8 atom stereocenters. The SMILES string of the molecule is CC/C=C\C/C=C\C/C=C\C/C=C\C/C=C\CCCCCCC(O)C(=O)NC(COC1OC(CO)C(O)C(O)C1OC(=O)CCCCCCCCC/C=C\C/C=C\CCCCC)C(O)/C=C/CCCCCCCCCCCC. The summed E-state index contributed by atoms with van der Waals surface area (Å²) in [6, 6.07) is -1.04. The first-order chi connectivity index (χ1) is 38.2. The third-order valence-corrected chi connectivity index (χ3v) is 14.2. The van der Waals surface area contributed by atoms with Crippen molar-refractivity contribution in [1.29, 1.82) is 0 Å². The predicted molar refractivity (Wildman–Crippen MR) is 324 cm³/mol. The molecule has 0 aromatic rings. The molecule has 78 heavy (non-hydrogen) atoms. The lowest BCUT2D eigenvalue weighted by Gasteiger charge is -2.41. The Balaban J connectivity index is 2.70. The van der Waals surface area contributed by atoms with Crippen molar-refractivity contribution in [2.75, 3.05) is 13.2 Å². The highest BCUT2D eigenvalue weighted by molar-refractivity contribution is 5.80. The Kier molecular flexibility index (Phi) is 50.4. The molecule has 1 aliphatic heterocycles. The van der Waals surface area contributed by atoms with Gasteiger partial charge in [0.15, 0.2) is 12.4 Å². The van der Waals surface area contributed by atoms with E-state index >= 15 is 0 Å². The highest BCUT2D eigenvalue weighted by Gasteiger charge is 2.47. The van der Waals surface area contributed by atoms with Gasteiger partial charge in [-0.1, -0.05) is 240 Å². The lowest BCUT2D eigenvalue weighted by molar-refractivity contribution is -0.305. The fourth-order valence-corrected chi connectivity index (χ4v) is 9.24. The topological polar surface area (TPSA) is 175 Å². The summed E-state index contributed by atoms with van der Waals surface area (Å²) in [5.41, 5.74) is 0. The van der Waals surface area contributed by atoms with Crippen LogP contribution in [-0.4, -0.2) is 99.6 Å². The maximum absolute atomic E-state index is 13.4. The van der Waals surface area contributed by atoms with E-state index in [2.05, 4.69) is 111 Å². The number of amides is 1. The van der Waals surface area contributed by atoms with Gasteiger partial charge < -0.3 is 45.1 Å². The van der Waals surface area contributed by atoms with Crippen LogP contribution >= 0.6 is 0 Å². The minimum atomic E-state index is -1.63. The smallest absolute Gasteiger partial charge is 0.306 e. The maximum atomic E-state index is 13.4. The van der Waals surface area contributed by atoms with Gasteiger partial charge in [0.1, 0.15) is 24.4 Å². The molecule has 11 nitrogen and oxygen atoms in total. The molecule has 1 heterocycles. The molecule has 1 fully saturated rings. The van der Waals surface area contributed by atoms with E-state index in [-0.39, 0.29) is 19.4 Å². The maximum Gasteiger partial charge on any atom is 0.306 e. The molecule has 0 spiro atoms.